The lowest BCUT2D eigenvalue weighted by molar-refractivity contribution is -0.137. The lowest BCUT2D eigenvalue weighted by Crippen LogP contribution is -2.31. The first-order valence-corrected chi connectivity index (χ1v) is 10.2. The molecule has 0 saturated heterocycles. The number of aryl methyl sites for hydroxylation is 2. The lowest BCUT2D eigenvalue weighted by atomic mass is 10.1. The van der Waals surface area contributed by atoms with Gasteiger partial charge in [-0.05, 0) is 63.2 Å². The Balaban J connectivity index is 1.48. The molecule has 9 heteroatoms. The predicted octanol–water partition coefficient (Wildman–Crippen LogP) is 4.88. The molecule has 0 aliphatic carbocycles. The minimum absolute atomic E-state index is 0.106. The molecule has 2 aromatic carbocycles. The smallest absolute Gasteiger partial charge is 0.339 e. The average Bonchev–Trinajstić information content (AvgIpc) is 3.20. The van der Waals surface area contributed by atoms with Gasteiger partial charge >= 0.3 is 6.18 Å². The van der Waals surface area contributed by atoms with Gasteiger partial charge in [-0.25, -0.2) is 0 Å². The zero-order chi connectivity index (χ0) is 23.3. The van der Waals surface area contributed by atoms with Gasteiger partial charge in [-0.15, -0.1) is 0 Å². The number of halogens is 3. The van der Waals surface area contributed by atoms with Crippen LogP contribution in [0, 0.1) is 13.8 Å². The second-order valence-electron chi connectivity index (χ2n) is 7.73. The number of likely N-dealkylation sites (N-methyl/N-ethyl adjacent to an activating group) is 1. The highest BCUT2D eigenvalue weighted by Gasteiger charge is 2.30. The molecule has 0 fully saturated rings. The largest absolute Gasteiger partial charge is 0.416 e. The summed E-state index contributed by atoms with van der Waals surface area (Å²) in [5.74, 6) is 0.351. The van der Waals surface area contributed by atoms with E-state index in [4.69, 9.17) is 4.52 Å². The molecule has 1 heterocycles. The maximum Gasteiger partial charge on any atom is 0.416 e. The SMILES string of the molecule is Cc1cccc(NC(=O)CN(C)CCCc2nc(-c3cccc(C(F)(F)F)c3)no2)c1C. The molecule has 0 aliphatic heterocycles. The fraction of sp³-hybridized carbons (Fsp3) is 0.348. The molecule has 6 nitrogen and oxygen atoms in total. The fourth-order valence-electron chi connectivity index (χ4n) is 3.21. The highest BCUT2D eigenvalue weighted by Crippen LogP contribution is 2.31. The number of alkyl halides is 3. The van der Waals surface area contributed by atoms with Gasteiger partial charge in [0.2, 0.25) is 17.6 Å². The zero-order valence-corrected chi connectivity index (χ0v) is 18.2. The van der Waals surface area contributed by atoms with E-state index in [0.29, 0.717) is 25.3 Å². The van der Waals surface area contributed by atoms with Gasteiger partial charge in [-0.2, -0.15) is 18.2 Å². The van der Waals surface area contributed by atoms with Gasteiger partial charge in [0.05, 0.1) is 12.1 Å². The van der Waals surface area contributed by atoms with E-state index >= 15 is 0 Å². The quantitative estimate of drug-likeness (QED) is 0.534. The minimum atomic E-state index is -4.43. The van der Waals surface area contributed by atoms with Crippen molar-refractivity contribution in [3.8, 4) is 11.4 Å². The molecule has 0 saturated carbocycles. The Morgan fingerprint density at radius 1 is 1.16 bits per heavy atom. The normalized spacial score (nSPS) is 11.7. The Kier molecular flexibility index (Phi) is 7.29. The number of nitrogens with zero attached hydrogens (tertiary/aromatic N) is 3. The maximum absolute atomic E-state index is 12.9. The van der Waals surface area contributed by atoms with E-state index in [9.17, 15) is 18.0 Å². The monoisotopic (exact) mass is 446 g/mol. The molecule has 0 unspecified atom stereocenters. The van der Waals surface area contributed by atoms with E-state index in [1.54, 1.807) is 0 Å². The zero-order valence-electron chi connectivity index (χ0n) is 18.2. The van der Waals surface area contributed by atoms with Crippen molar-refractivity contribution in [2.24, 2.45) is 0 Å². The van der Waals surface area contributed by atoms with Crippen LogP contribution < -0.4 is 5.32 Å². The second-order valence-corrected chi connectivity index (χ2v) is 7.73. The van der Waals surface area contributed by atoms with Crippen LogP contribution in [0.15, 0.2) is 47.0 Å². The summed E-state index contributed by atoms with van der Waals surface area (Å²) < 4.78 is 43.8. The summed E-state index contributed by atoms with van der Waals surface area (Å²) in [6.07, 6.45) is -3.33. The molecular weight excluding hydrogens is 421 g/mol. The van der Waals surface area contributed by atoms with Gasteiger partial charge in [-0.1, -0.05) is 29.4 Å². The third-order valence-corrected chi connectivity index (χ3v) is 5.14. The van der Waals surface area contributed by atoms with Crippen molar-refractivity contribution in [2.45, 2.75) is 32.9 Å². The molecule has 1 amide bonds. The summed E-state index contributed by atoms with van der Waals surface area (Å²) >= 11 is 0. The van der Waals surface area contributed by atoms with Crippen molar-refractivity contribution in [1.82, 2.24) is 15.0 Å². The standard InChI is InChI=1S/C23H25F3N4O2/c1-15-7-4-10-19(16(15)2)27-20(31)14-30(3)12-6-11-21-28-22(29-32-21)17-8-5-9-18(13-17)23(24,25)26/h4-5,7-10,13H,6,11-12,14H2,1-3H3,(H,27,31). The highest BCUT2D eigenvalue weighted by atomic mass is 19.4. The molecule has 1 aromatic heterocycles. The van der Waals surface area contributed by atoms with Crippen LogP contribution in [-0.4, -0.2) is 41.1 Å². The average molecular weight is 446 g/mol. The highest BCUT2D eigenvalue weighted by molar-refractivity contribution is 5.93. The van der Waals surface area contributed by atoms with Gasteiger partial charge < -0.3 is 9.84 Å². The van der Waals surface area contributed by atoms with Crippen LogP contribution in [0.4, 0.5) is 18.9 Å². The number of anilines is 1. The number of hydrogen-bond donors (Lipinski definition) is 1. The van der Waals surface area contributed by atoms with Crippen LogP contribution in [0.2, 0.25) is 0 Å². The number of carbonyl (C=O) groups is 1. The van der Waals surface area contributed by atoms with E-state index in [1.807, 2.05) is 44.0 Å². The molecule has 0 aliphatic rings. The van der Waals surface area contributed by atoms with E-state index in [0.717, 1.165) is 28.9 Å². The molecule has 1 N–H and O–H groups in total. The van der Waals surface area contributed by atoms with Crippen LogP contribution in [0.1, 0.15) is 29.0 Å². The van der Waals surface area contributed by atoms with E-state index in [-0.39, 0.29) is 23.8 Å². The summed E-state index contributed by atoms with van der Waals surface area (Å²) in [6, 6.07) is 10.6. The summed E-state index contributed by atoms with van der Waals surface area (Å²) in [5, 5.41) is 6.71. The van der Waals surface area contributed by atoms with Gasteiger partial charge in [0, 0.05) is 17.7 Å². The molecule has 3 rings (SSSR count). The molecular formula is C23H25F3N4O2. The Morgan fingerprint density at radius 3 is 2.66 bits per heavy atom. The van der Waals surface area contributed by atoms with E-state index in [2.05, 4.69) is 15.5 Å². The number of carbonyl (C=O) groups excluding carboxylic acids is 1. The third kappa shape index (κ3) is 6.16. The summed E-state index contributed by atoms with van der Waals surface area (Å²) in [4.78, 5) is 18.4. The fourth-order valence-corrected chi connectivity index (χ4v) is 3.21. The van der Waals surface area contributed by atoms with Crippen LogP contribution >= 0.6 is 0 Å². The van der Waals surface area contributed by atoms with Crippen LogP contribution in [0.25, 0.3) is 11.4 Å². The van der Waals surface area contributed by atoms with Crippen molar-refractivity contribution >= 4 is 11.6 Å². The van der Waals surface area contributed by atoms with Crippen molar-refractivity contribution in [3.63, 3.8) is 0 Å². The summed E-state index contributed by atoms with van der Waals surface area (Å²) in [5.41, 5.74) is 2.44. The predicted molar refractivity (Wildman–Crippen MR) is 115 cm³/mol. The topological polar surface area (TPSA) is 71.3 Å². The molecule has 0 spiro atoms. The van der Waals surface area contributed by atoms with Gasteiger partial charge in [0.1, 0.15) is 0 Å². The summed E-state index contributed by atoms with van der Waals surface area (Å²) in [6.45, 7) is 4.80. The molecule has 3 aromatic rings. The number of benzene rings is 2. The van der Waals surface area contributed by atoms with Crippen molar-refractivity contribution in [2.75, 3.05) is 25.5 Å². The lowest BCUT2D eigenvalue weighted by Gasteiger charge is -2.16. The Hall–Kier alpha value is -3.20. The maximum atomic E-state index is 12.9. The molecule has 0 radical (unpaired) electrons. The Labute approximate surface area is 184 Å². The Morgan fingerprint density at radius 2 is 1.91 bits per heavy atom. The van der Waals surface area contributed by atoms with Crippen LogP contribution in [-0.2, 0) is 17.4 Å². The van der Waals surface area contributed by atoms with Crippen molar-refractivity contribution in [3.05, 3.63) is 65.0 Å². The van der Waals surface area contributed by atoms with Crippen molar-refractivity contribution in [1.29, 1.82) is 0 Å². The first-order chi connectivity index (χ1) is 15.1. The minimum Gasteiger partial charge on any atom is -0.339 e. The molecule has 0 bridgehead atoms. The number of rotatable bonds is 8. The number of hydrogen-bond acceptors (Lipinski definition) is 5. The van der Waals surface area contributed by atoms with E-state index in [1.165, 1.54) is 12.1 Å². The first-order valence-electron chi connectivity index (χ1n) is 10.2. The first kappa shape index (κ1) is 23.5. The van der Waals surface area contributed by atoms with Gasteiger partial charge in [-0.3, -0.25) is 9.69 Å². The number of aromatic nitrogens is 2. The summed E-state index contributed by atoms with van der Waals surface area (Å²) in [7, 11) is 1.84. The second kappa shape index (κ2) is 9.95. The van der Waals surface area contributed by atoms with Crippen LogP contribution in [0.5, 0.6) is 0 Å². The van der Waals surface area contributed by atoms with Gasteiger partial charge in [0.15, 0.2) is 0 Å². The molecule has 0 atom stereocenters. The van der Waals surface area contributed by atoms with E-state index < -0.39 is 11.7 Å². The number of nitrogens with one attached hydrogen (secondary N) is 1. The van der Waals surface area contributed by atoms with Crippen LogP contribution in [0.3, 0.4) is 0 Å². The van der Waals surface area contributed by atoms with Crippen molar-refractivity contribution < 1.29 is 22.5 Å². The molecule has 32 heavy (non-hydrogen) atoms. The Bertz CT molecular complexity index is 1080. The van der Waals surface area contributed by atoms with Gasteiger partial charge in [0.25, 0.3) is 0 Å². The number of amides is 1. The third-order valence-electron chi connectivity index (χ3n) is 5.14. The molecule has 170 valence electrons.